The minimum atomic E-state index is -3.97. The maximum atomic E-state index is 14.5. The fourth-order valence-electron chi connectivity index (χ4n) is 5.63. The second-order valence-electron chi connectivity index (χ2n) is 12.1. The highest BCUT2D eigenvalue weighted by Crippen LogP contribution is 2.42. The number of anilines is 1. The predicted molar refractivity (Wildman–Crippen MR) is 170 cm³/mol. The van der Waals surface area contributed by atoms with E-state index in [1.807, 2.05) is 0 Å². The molecule has 3 heterocycles. The topological polar surface area (TPSA) is 290 Å². The number of aliphatic hydroxyl groups excluding tert-OH is 2. The number of amides is 1. The molecule has 1 aliphatic carbocycles. The van der Waals surface area contributed by atoms with Gasteiger partial charge in [-0.1, -0.05) is 6.08 Å². The van der Waals surface area contributed by atoms with Gasteiger partial charge in [0.15, 0.2) is 24.1 Å². The molecule has 3 aliphatic rings. The number of halogens is 2. The molecule has 24 heteroatoms. The van der Waals surface area contributed by atoms with E-state index < -0.39 is 145 Å². The first-order chi connectivity index (χ1) is 25.8. The van der Waals surface area contributed by atoms with Crippen LogP contribution in [-0.2, 0) is 57.1 Å². The number of aliphatic hydroxyl groups is 2. The summed E-state index contributed by atoms with van der Waals surface area (Å²) < 4.78 is 71.8. The third-order valence-corrected chi connectivity index (χ3v) is 7.97. The monoisotopic (exact) mass is 790 g/mol. The number of hydrogen-bond donors (Lipinski definition) is 3. The molecule has 0 spiro atoms. The molecule has 2 fully saturated rings. The molecule has 1 unspecified atom stereocenters. The lowest BCUT2D eigenvalue weighted by Gasteiger charge is -2.44. The first-order valence-electron chi connectivity index (χ1n) is 16.2. The quantitative estimate of drug-likeness (QED) is 0.101. The zero-order chi connectivity index (χ0) is 40.8. The Bertz CT molecular complexity index is 1780. The number of allylic oxidation sites excluding steroid dienone is 2. The Morgan fingerprint density at radius 2 is 1.62 bits per heavy atom. The van der Waals surface area contributed by atoms with Gasteiger partial charge in [-0.15, -0.1) is 0 Å². The van der Waals surface area contributed by atoms with E-state index in [0.29, 0.717) is 4.57 Å². The number of nitrogens with zero attached hydrogens (tertiary/aromatic N) is 3. The molecule has 2 saturated heterocycles. The number of alkyl halides is 2. The molecule has 302 valence electrons. The maximum Gasteiger partial charge on any atom is 0.412 e. The van der Waals surface area contributed by atoms with E-state index in [0.717, 1.165) is 46.0 Å². The Hall–Kier alpha value is -5.59. The van der Waals surface area contributed by atoms with Crippen molar-refractivity contribution >= 4 is 35.8 Å². The summed E-state index contributed by atoms with van der Waals surface area (Å²) in [5.74, 6) is -9.17. The first kappa shape index (κ1) is 42.2. The van der Waals surface area contributed by atoms with Gasteiger partial charge in [0.1, 0.15) is 31.2 Å². The summed E-state index contributed by atoms with van der Waals surface area (Å²) in [6, 6.07) is 0.951. The van der Waals surface area contributed by atoms with Gasteiger partial charge >= 0.3 is 41.6 Å². The number of nitro groups is 1. The van der Waals surface area contributed by atoms with Crippen LogP contribution in [0.2, 0.25) is 0 Å². The SMILES string of the molecule is CC(=O)OC[C@H]1O[C@@H](OC2=C([N+](=O)[O-])CC(COC(=O)Nc3ccn([C@@H]4O[C@H](CO)[C@@H](O)C4(F)F)c(=O)n3)C=C2)[C@H](OC(C)=O)[C@@H](OC(C)=O)[C@H]1OC(C)=O. The molecule has 0 aromatic carbocycles. The number of ether oxygens (including phenoxy) is 8. The van der Waals surface area contributed by atoms with E-state index in [4.69, 9.17) is 43.0 Å². The molecule has 2 aliphatic heterocycles. The Morgan fingerprint density at radius 3 is 2.18 bits per heavy atom. The molecule has 0 bridgehead atoms. The van der Waals surface area contributed by atoms with E-state index in [9.17, 15) is 52.8 Å². The molecule has 0 saturated carbocycles. The van der Waals surface area contributed by atoms with Crippen LogP contribution < -0.4 is 11.0 Å². The van der Waals surface area contributed by atoms with Crippen molar-refractivity contribution < 1.29 is 85.8 Å². The summed E-state index contributed by atoms with van der Waals surface area (Å²) in [6.45, 7) is 2.09. The Balaban J connectivity index is 1.47. The van der Waals surface area contributed by atoms with Gasteiger partial charge in [-0.25, -0.2) is 9.59 Å². The first-order valence-corrected chi connectivity index (χ1v) is 16.2. The van der Waals surface area contributed by atoms with Crippen molar-refractivity contribution in [2.45, 2.75) is 89.2 Å². The zero-order valence-corrected chi connectivity index (χ0v) is 29.4. The highest BCUT2D eigenvalue weighted by atomic mass is 19.3. The van der Waals surface area contributed by atoms with Crippen LogP contribution >= 0.6 is 0 Å². The summed E-state index contributed by atoms with van der Waals surface area (Å²) in [5.41, 5.74) is -1.89. The summed E-state index contributed by atoms with van der Waals surface area (Å²) in [6.07, 6.45) is -12.7. The molecule has 3 N–H and O–H groups in total. The highest BCUT2D eigenvalue weighted by Gasteiger charge is 2.59. The Morgan fingerprint density at radius 1 is 0.982 bits per heavy atom. The molecule has 22 nitrogen and oxygen atoms in total. The van der Waals surface area contributed by atoms with Gasteiger partial charge < -0.3 is 48.1 Å². The van der Waals surface area contributed by atoms with Gasteiger partial charge in [0, 0.05) is 39.8 Å². The van der Waals surface area contributed by atoms with Crippen LogP contribution in [0.4, 0.5) is 19.4 Å². The predicted octanol–water partition coefficient (Wildman–Crippen LogP) is -0.158. The Kier molecular flexibility index (Phi) is 13.6. The van der Waals surface area contributed by atoms with Crippen LogP contribution in [-0.4, -0.2) is 123 Å². The molecule has 0 radical (unpaired) electrons. The molecule has 1 aromatic heterocycles. The largest absolute Gasteiger partial charge is 0.463 e. The number of rotatable bonds is 13. The molecular weight excluding hydrogens is 754 g/mol. The summed E-state index contributed by atoms with van der Waals surface area (Å²) in [5, 5.41) is 33.1. The van der Waals surface area contributed by atoms with E-state index in [-0.39, 0.29) is 0 Å². The normalized spacial score (nSPS) is 28.4. The summed E-state index contributed by atoms with van der Waals surface area (Å²) >= 11 is 0. The molecule has 4 rings (SSSR count). The minimum Gasteiger partial charge on any atom is -0.463 e. The molecule has 55 heavy (non-hydrogen) atoms. The highest BCUT2D eigenvalue weighted by molar-refractivity contribution is 5.83. The van der Waals surface area contributed by atoms with Gasteiger partial charge in [-0.05, 0) is 12.1 Å². The third-order valence-electron chi connectivity index (χ3n) is 7.97. The molecule has 9 atom stereocenters. The van der Waals surface area contributed by atoms with Crippen molar-refractivity contribution in [2.24, 2.45) is 5.92 Å². The van der Waals surface area contributed by atoms with Gasteiger partial charge in [0.25, 0.3) is 5.70 Å². The van der Waals surface area contributed by atoms with Crippen LogP contribution in [0.1, 0.15) is 40.3 Å². The molecule has 1 amide bonds. The maximum absolute atomic E-state index is 14.5. The number of carbonyl (C=O) groups is 5. The van der Waals surface area contributed by atoms with Crippen LogP contribution in [0.15, 0.2) is 40.7 Å². The van der Waals surface area contributed by atoms with E-state index in [1.165, 1.54) is 6.08 Å². The average Bonchev–Trinajstić information content (AvgIpc) is 3.32. The van der Waals surface area contributed by atoms with E-state index in [2.05, 4.69) is 10.3 Å². The Labute approximate surface area is 308 Å². The lowest BCUT2D eigenvalue weighted by Crippen LogP contribution is -2.62. The van der Waals surface area contributed by atoms with Crippen molar-refractivity contribution in [3.63, 3.8) is 0 Å². The smallest absolute Gasteiger partial charge is 0.412 e. The molecule has 1 aromatic rings. The average molecular weight is 791 g/mol. The van der Waals surface area contributed by atoms with Gasteiger partial charge in [-0.2, -0.15) is 13.8 Å². The summed E-state index contributed by atoms with van der Waals surface area (Å²) in [4.78, 5) is 87.5. The van der Waals surface area contributed by atoms with Crippen LogP contribution in [0.3, 0.4) is 0 Å². The van der Waals surface area contributed by atoms with Gasteiger partial charge in [-0.3, -0.25) is 39.2 Å². The van der Waals surface area contributed by atoms with Gasteiger partial charge in [0.2, 0.25) is 18.6 Å². The fraction of sp³-hybridized carbons (Fsp3) is 0.581. The minimum absolute atomic E-state index is 0.356. The van der Waals surface area contributed by atoms with Crippen molar-refractivity contribution in [3.05, 3.63) is 56.5 Å². The third kappa shape index (κ3) is 10.3. The lowest BCUT2D eigenvalue weighted by molar-refractivity contribution is -0.433. The lowest BCUT2D eigenvalue weighted by atomic mass is 9.97. The number of aromatic nitrogens is 2. The number of nitrogens with one attached hydrogen (secondary N) is 1. The van der Waals surface area contributed by atoms with Crippen molar-refractivity contribution in [1.82, 2.24) is 9.55 Å². The van der Waals surface area contributed by atoms with E-state index >= 15 is 0 Å². The molecular formula is C31H36F2N4O18. The van der Waals surface area contributed by atoms with Crippen LogP contribution in [0.5, 0.6) is 0 Å². The zero-order valence-electron chi connectivity index (χ0n) is 29.4. The summed E-state index contributed by atoms with van der Waals surface area (Å²) in [7, 11) is 0. The second kappa shape index (κ2) is 17.7. The fourth-order valence-corrected chi connectivity index (χ4v) is 5.63. The number of hydrogen-bond acceptors (Lipinski definition) is 19. The standard InChI is InChI=1S/C31H36F2N4O18/c1-13(39)48-12-21-23(50-14(2)40)24(51-15(3)41)25(52-16(4)42)27(54-21)53-19-6-5-17(9-18(19)37(46)47)11-49-30(45)35-22-7-8-36(29(44)34-22)28-31(32,33)26(43)20(10-38)55-28/h5-8,17,20-21,23-28,38,43H,9-12H2,1-4H3,(H,34,35,44,45)/t17?,20-,21-,23+,24+,25-,26-,27-,28-/m1/s1. The van der Waals surface area contributed by atoms with Crippen LogP contribution in [0, 0.1) is 16.0 Å². The van der Waals surface area contributed by atoms with Crippen molar-refractivity contribution in [3.8, 4) is 0 Å². The van der Waals surface area contributed by atoms with Gasteiger partial charge in [0.05, 0.1) is 18.0 Å². The van der Waals surface area contributed by atoms with E-state index in [1.54, 1.807) is 0 Å². The van der Waals surface area contributed by atoms with Crippen molar-refractivity contribution in [1.29, 1.82) is 0 Å². The number of carbonyl (C=O) groups excluding carboxylic acids is 5. The van der Waals surface area contributed by atoms with Crippen molar-refractivity contribution in [2.75, 3.05) is 25.1 Å². The van der Waals surface area contributed by atoms with Crippen LogP contribution in [0.25, 0.3) is 0 Å². The second-order valence-corrected chi connectivity index (χ2v) is 12.1. The number of esters is 4.